The maximum atomic E-state index is 11.8. The molecule has 0 spiro atoms. The van der Waals surface area contributed by atoms with Crippen LogP contribution in [0.25, 0.3) is 0 Å². The molecule has 1 heterocycles. The lowest BCUT2D eigenvalue weighted by Gasteiger charge is -2.26. The van der Waals surface area contributed by atoms with Crippen molar-refractivity contribution in [3.8, 4) is 0 Å². The largest absolute Gasteiger partial charge is 0.349 e. The first-order chi connectivity index (χ1) is 7.58. The molecule has 0 aliphatic heterocycles. The summed E-state index contributed by atoms with van der Waals surface area (Å²) < 4.78 is 0.742. The number of aryl methyl sites for hydroxylation is 1. The molecule has 0 aromatic carbocycles. The lowest BCUT2D eigenvalue weighted by Crippen LogP contribution is -2.41. The zero-order valence-electron chi connectivity index (χ0n) is 8.97. The van der Waals surface area contributed by atoms with Gasteiger partial charge >= 0.3 is 0 Å². The second kappa shape index (κ2) is 4.41. The summed E-state index contributed by atoms with van der Waals surface area (Å²) in [5, 5.41) is 2.84. The fraction of sp³-hybridized carbons (Fsp3) is 0.455. The number of amides is 1. The van der Waals surface area contributed by atoms with E-state index < -0.39 is 0 Å². The Morgan fingerprint density at radius 3 is 2.81 bits per heavy atom. The van der Waals surface area contributed by atoms with Gasteiger partial charge in [0.25, 0.3) is 11.5 Å². The summed E-state index contributed by atoms with van der Waals surface area (Å²) in [4.78, 5) is 26.0. The lowest BCUT2D eigenvalue weighted by atomic mass is 9.93. The van der Waals surface area contributed by atoms with E-state index in [0.717, 1.165) is 29.4 Å². The Morgan fingerprint density at radius 2 is 2.25 bits per heavy atom. The van der Waals surface area contributed by atoms with E-state index in [9.17, 15) is 9.59 Å². The smallest absolute Gasteiger partial charge is 0.261 e. The molecule has 16 heavy (non-hydrogen) atoms. The predicted octanol–water partition coefficient (Wildman–Crippen LogP) is 1.73. The standard InChI is InChI=1S/C11H13BrN2O2/c1-6-9(12)5-8(10(15)13-6)11(16)14-7-3-2-4-7/h5,7H,2-4H2,1H3,(H,13,15)(H,14,16). The van der Waals surface area contributed by atoms with Crippen LogP contribution in [0.15, 0.2) is 15.3 Å². The molecule has 1 aromatic heterocycles. The van der Waals surface area contributed by atoms with Crippen molar-refractivity contribution >= 4 is 21.8 Å². The van der Waals surface area contributed by atoms with Gasteiger partial charge in [-0.05, 0) is 48.2 Å². The highest BCUT2D eigenvalue weighted by molar-refractivity contribution is 9.10. The first kappa shape index (κ1) is 11.4. The van der Waals surface area contributed by atoms with Crippen LogP contribution in [0.4, 0.5) is 0 Å². The van der Waals surface area contributed by atoms with Crippen molar-refractivity contribution in [2.75, 3.05) is 0 Å². The highest BCUT2D eigenvalue weighted by Crippen LogP contribution is 2.19. The SMILES string of the molecule is Cc1[nH]c(=O)c(C(=O)NC2CCC2)cc1Br. The van der Waals surface area contributed by atoms with Crippen LogP contribution < -0.4 is 10.9 Å². The van der Waals surface area contributed by atoms with Gasteiger partial charge in [0, 0.05) is 16.2 Å². The van der Waals surface area contributed by atoms with Gasteiger partial charge in [-0.15, -0.1) is 0 Å². The Bertz CT molecular complexity index is 477. The predicted molar refractivity (Wildman–Crippen MR) is 64.6 cm³/mol. The van der Waals surface area contributed by atoms with Crippen LogP contribution in [0, 0.1) is 6.92 Å². The number of nitrogens with one attached hydrogen (secondary N) is 2. The van der Waals surface area contributed by atoms with Crippen LogP contribution in [0.1, 0.15) is 35.3 Å². The van der Waals surface area contributed by atoms with Crippen molar-refractivity contribution in [2.24, 2.45) is 0 Å². The van der Waals surface area contributed by atoms with E-state index in [2.05, 4.69) is 26.2 Å². The maximum Gasteiger partial charge on any atom is 0.261 e. The van der Waals surface area contributed by atoms with Crippen LogP contribution in [-0.4, -0.2) is 16.9 Å². The number of aromatic amines is 1. The summed E-state index contributed by atoms with van der Waals surface area (Å²) in [5.41, 5.74) is 0.562. The van der Waals surface area contributed by atoms with Gasteiger partial charge in [-0.3, -0.25) is 9.59 Å². The van der Waals surface area contributed by atoms with Crippen LogP contribution >= 0.6 is 15.9 Å². The molecular weight excluding hydrogens is 272 g/mol. The van der Waals surface area contributed by atoms with Crippen LogP contribution in [0.3, 0.4) is 0 Å². The van der Waals surface area contributed by atoms with Gasteiger partial charge in [-0.2, -0.15) is 0 Å². The Morgan fingerprint density at radius 1 is 1.56 bits per heavy atom. The van der Waals surface area contributed by atoms with Crippen LogP contribution in [0.2, 0.25) is 0 Å². The molecule has 1 fully saturated rings. The highest BCUT2D eigenvalue weighted by atomic mass is 79.9. The summed E-state index contributed by atoms with van der Waals surface area (Å²) in [6, 6.07) is 1.81. The molecule has 1 aliphatic rings. The van der Waals surface area contributed by atoms with Gasteiger partial charge < -0.3 is 10.3 Å². The van der Waals surface area contributed by atoms with Crippen molar-refractivity contribution in [3.63, 3.8) is 0 Å². The minimum atomic E-state index is -0.336. The average Bonchev–Trinajstić information content (AvgIpc) is 2.17. The van der Waals surface area contributed by atoms with E-state index in [1.54, 1.807) is 13.0 Å². The molecule has 0 radical (unpaired) electrons. The highest BCUT2D eigenvalue weighted by Gasteiger charge is 2.21. The average molecular weight is 285 g/mol. The van der Waals surface area contributed by atoms with Gasteiger partial charge in [0.2, 0.25) is 0 Å². The van der Waals surface area contributed by atoms with Crippen molar-refractivity contribution < 1.29 is 4.79 Å². The minimum absolute atomic E-state index is 0.171. The molecular formula is C11H13BrN2O2. The van der Waals surface area contributed by atoms with Crippen molar-refractivity contribution in [2.45, 2.75) is 32.2 Å². The molecule has 2 rings (SSSR count). The van der Waals surface area contributed by atoms with Crippen molar-refractivity contribution in [1.82, 2.24) is 10.3 Å². The zero-order chi connectivity index (χ0) is 11.7. The number of hydrogen-bond donors (Lipinski definition) is 2. The van der Waals surface area contributed by atoms with Crippen LogP contribution in [-0.2, 0) is 0 Å². The topological polar surface area (TPSA) is 62.0 Å². The Hall–Kier alpha value is -1.10. The second-order valence-electron chi connectivity index (χ2n) is 4.09. The number of carbonyl (C=O) groups excluding carboxylic acids is 1. The van der Waals surface area contributed by atoms with E-state index in [1.165, 1.54) is 0 Å². The number of rotatable bonds is 2. The molecule has 0 atom stereocenters. The minimum Gasteiger partial charge on any atom is -0.349 e. The second-order valence-corrected chi connectivity index (χ2v) is 4.94. The van der Waals surface area contributed by atoms with Gasteiger partial charge in [-0.1, -0.05) is 0 Å². The summed E-state index contributed by atoms with van der Waals surface area (Å²) in [6.45, 7) is 1.78. The first-order valence-electron chi connectivity index (χ1n) is 5.28. The summed E-state index contributed by atoms with van der Waals surface area (Å²) in [7, 11) is 0. The number of aromatic nitrogens is 1. The van der Waals surface area contributed by atoms with E-state index >= 15 is 0 Å². The van der Waals surface area contributed by atoms with Gasteiger partial charge in [0.15, 0.2) is 0 Å². The number of carbonyl (C=O) groups is 1. The molecule has 1 aromatic rings. The molecule has 1 amide bonds. The maximum absolute atomic E-state index is 11.8. The number of halogens is 1. The molecule has 1 saturated carbocycles. The summed E-state index contributed by atoms with van der Waals surface area (Å²) in [6.07, 6.45) is 3.17. The number of hydrogen-bond acceptors (Lipinski definition) is 2. The molecule has 0 saturated heterocycles. The molecule has 86 valence electrons. The molecule has 0 unspecified atom stereocenters. The summed E-state index contributed by atoms with van der Waals surface area (Å²) >= 11 is 3.30. The van der Waals surface area contributed by atoms with E-state index in [-0.39, 0.29) is 23.1 Å². The zero-order valence-corrected chi connectivity index (χ0v) is 10.6. The summed E-state index contributed by atoms with van der Waals surface area (Å²) in [5.74, 6) is -0.286. The third-order valence-corrected chi connectivity index (χ3v) is 3.68. The third-order valence-electron chi connectivity index (χ3n) is 2.86. The Balaban J connectivity index is 2.22. The van der Waals surface area contributed by atoms with Crippen molar-refractivity contribution in [1.29, 1.82) is 0 Å². The normalized spacial score (nSPS) is 15.6. The fourth-order valence-electron chi connectivity index (χ4n) is 1.58. The Kier molecular flexibility index (Phi) is 3.14. The molecule has 4 nitrogen and oxygen atoms in total. The first-order valence-corrected chi connectivity index (χ1v) is 6.07. The van der Waals surface area contributed by atoms with Gasteiger partial charge in [0.05, 0.1) is 0 Å². The van der Waals surface area contributed by atoms with Crippen molar-refractivity contribution in [3.05, 3.63) is 32.2 Å². The molecule has 0 bridgehead atoms. The number of H-pyrrole nitrogens is 1. The number of pyridine rings is 1. The van der Waals surface area contributed by atoms with E-state index in [0.29, 0.717) is 0 Å². The molecule has 2 N–H and O–H groups in total. The van der Waals surface area contributed by atoms with Gasteiger partial charge in [-0.25, -0.2) is 0 Å². The quantitative estimate of drug-likeness (QED) is 0.869. The van der Waals surface area contributed by atoms with Crippen LogP contribution in [0.5, 0.6) is 0 Å². The molecule has 1 aliphatic carbocycles. The molecule has 5 heteroatoms. The van der Waals surface area contributed by atoms with Gasteiger partial charge in [0.1, 0.15) is 5.56 Å². The van der Waals surface area contributed by atoms with E-state index in [1.807, 2.05) is 0 Å². The third kappa shape index (κ3) is 2.19. The lowest BCUT2D eigenvalue weighted by molar-refractivity contribution is 0.0915. The fourth-order valence-corrected chi connectivity index (χ4v) is 1.91. The monoisotopic (exact) mass is 284 g/mol. The Labute approximate surface area is 102 Å². The van der Waals surface area contributed by atoms with E-state index in [4.69, 9.17) is 0 Å².